The second kappa shape index (κ2) is 6.82. The van der Waals surface area contributed by atoms with Gasteiger partial charge in [-0.2, -0.15) is 5.26 Å². The van der Waals surface area contributed by atoms with Crippen LogP contribution in [0.15, 0.2) is 36.4 Å². The van der Waals surface area contributed by atoms with Crippen molar-refractivity contribution < 1.29 is 9.84 Å². The second-order valence-electron chi connectivity index (χ2n) is 4.57. The van der Waals surface area contributed by atoms with E-state index in [0.29, 0.717) is 21.4 Å². The van der Waals surface area contributed by atoms with Crippen LogP contribution in [0.25, 0.3) is 0 Å². The van der Waals surface area contributed by atoms with Crippen molar-refractivity contribution in [2.45, 2.75) is 19.6 Å². The number of aliphatic hydroxyl groups is 1. The average molecular weight is 322 g/mol. The molecule has 3 nitrogen and oxygen atoms in total. The number of benzene rings is 2. The van der Waals surface area contributed by atoms with E-state index in [0.717, 1.165) is 11.1 Å². The number of aliphatic hydroxyl groups excluding tert-OH is 1. The molecule has 0 amide bonds. The van der Waals surface area contributed by atoms with Crippen molar-refractivity contribution in [2.24, 2.45) is 0 Å². The molecule has 2 aromatic rings. The molecule has 0 aliphatic heterocycles. The highest BCUT2D eigenvalue weighted by Gasteiger charge is 2.08. The predicted molar refractivity (Wildman–Crippen MR) is 82.6 cm³/mol. The molecular weight excluding hydrogens is 309 g/mol. The van der Waals surface area contributed by atoms with E-state index in [2.05, 4.69) is 0 Å². The molecule has 0 spiro atoms. The zero-order chi connectivity index (χ0) is 15.4. The van der Waals surface area contributed by atoms with E-state index in [4.69, 9.17) is 33.2 Å². The molecule has 21 heavy (non-hydrogen) atoms. The third-order valence-electron chi connectivity index (χ3n) is 3.00. The van der Waals surface area contributed by atoms with E-state index < -0.39 is 6.10 Å². The molecule has 0 aromatic heterocycles. The Balaban J connectivity index is 2.12. The summed E-state index contributed by atoms with van der Waals surface area (Å²) in [5.74, 6) is 0.515. The second-order valence-corrected chi connectivity index (χ2v) is 5.39. The van der Waals surface area contributed by atoms with Crippen LogP contribution in [0.5, 0.6) is 5.75 Å². The minimum absolute atomic E-state index is 0.248. The summed E-state index contributed by atoms with van der Waals surface area (Å²) in [6, 6.07) is 12.2. The maximum Gasteiger partial charge on any atom is 0.138 e. The van der Waals surface area contributed by atoms with Crippen molar-refractivity contribution in [3.63, 3.8) is 0 Å². The summed E-state index contributed by atoms with van der Waals surface area (Å²) >= 11 is 12.2. The van der Waals surface area contributed by atoms with Gasteiger partial charge in [0.15, 0.2) is 0 Å². The molecule has 0 radical (unpaired) electrons. The first-order chi connectivity index (χ1) is 10.0. The predicted octanol–water partition coefficient (Wildman–Crippen LogP) is 4.50. The van der Waals surface area contributed by atoms with E-state index in [1.165, 1.54) is 0 Å². The third-order valence-corrected chi connectivity index (χ3v) is 3.65. The lowest BCUT2D eigenvalue weighted by Crippen LogP contribution is -1.98. The highest BCUT2D eigenvalue weighted by atomic mass is 35.5. The summed E-state index contributed by atoms with van der Waals surface area (Å²) in [6.45, 7) is 1.92. The average Bonchev–Trinajstić information content (AvgIpc) is 2.46. The monoisotopic (exact) mass is 321 g/mol. The van der Waals surface area contributed by atoms with Crippen LogP contribution in [0.2, 0.25) is 10.0 Å². The molecule has 2 aromatic carbocycles. The maximum atomic E-state index is 9.49. The molecule has 0 saturated carbocycles. The van der Waals surface area contributed by atoms with Gasteiger partial charge in [-0.3, -0.25) is 0 Å². The van der Waals surface area contributed by atoms with Crippen LogP contribution in [-0.4, -0.2) is 5.11 Å². The SMILES string of the molecule is C[C@H](O)c1ccc(OCc2ccc(C#N)cc2Cl)c(Cl)c1. The number of rotatable bonds is 4. The van der Waals surface area contributed by atoms with Gasteiger partial charge in [0.2, 0.25) is 0 Å². The fourth-order valence-electron chi connectivity index (χ4n) is 1.78. The fraction of sp³-hybridized carbons (Fsp3) is 0.188. The molecule has 0 heterocycles. The van der Waals surface area contributed by atoms with Crippen LogP contribution in [0.4, 0.5) is 0 Å². The van der Waals surface area contributed by atoms with E-state index >= 15 is 0 Å². The van der Waals surface area contributed by atoms with Crippen molar-refractivity contribution in [1.29, 1.82) is 5.26 Å². The molecule has 0 aliphatic carbocycles. The summed E-state index contributed by atoms with van der Waals surface area (Å²) in [6.07, 6.45) is -0.579. The van der Waals surface area contributed by atoms with Gasteiger partial charge in [0.25, 0.3) is 0 Å². The van der Waals surface area contributed by atoms with Crippen LogP contribution in [0.3, 0.4) is 0 Å². The lowest BCUT2D eigenvalue weighted by atomic mass is 10.1. The van der Waals surface area contributed by atoms with Crippen molar-refractivity contribution in [1.82, 2.24) is 0 Å². The number of nitriles is 1. The van der Waals surface area contributed by atoms with Gasteiger partial charge < -0.3 is 9.84 Å². The first kappa shape index (κ1) is 15.7. The van der Waals surface area contributed by atoms with Gasteiger partial charge in [0, 0.05) is 10.6 Å². The van der Waals surface area contributed by atoms with Gasteiger partial charge in [-0.1, -0.05) is 35.3 Å². The van der Waals surface area contributed by atoms with Gasteiger partial charge in [0.05, 0.1) is 22.8 Å². The molecule has 1 N–H and O–H groups in total. The minimum atomic E-state index is -0.579. The summed E-state index contributed by atoms with van der Waals surface area (Å²) < 4.78 is 5.63. The summed E-state index contributed by atoms with van der Waals surface area (Å²) in [5.41, 5.74) is 2.00. The zero-order valence-corrected chi connectivity index (χ0v) is 12.8. The number of hydrogen-bond donors (Lipinski definition) is 1. The Morgan fingerprint density at radius 1 is 1.19 bits per heavy atom. The summed E-state index contributed by atoms with van der Waals surface area (Å²) in [7, 11) is 0. The minimum Gasteiger partial charge on any atom is -0.487 e. The summed E-state index contributed by atoms with van der Waals surface area (Å²) in [4.78, 5) is 0. The Bertz CT molecular complexity index is 693. The highest BCUT2D eigenvalue weighted by Crippen LogP contribution is 2.29. The highest BCUT2D eigenvalue weighted by molar-refractivity contribution is 6.32. The first-order valence-electron chi connectivity index (χ1n) is 6.30. The zero-order valence-electron chi connectivity index (χ0n) is 11.3. The van der Waals surface area contributed by atoms with Crippen LogP contribution in [0.1, 0.15) is 29.7 Å². The van der Waals surface area contributed by atoms with Crippen LogP contribution < -0.4 is 4.74 Å². The first-order valence-corrected chi connectivity index (χ1v) is 7.05. The Morgan fingerprint density at radius 2 is 1.95 bits per heavy atom. The van der Waals surface area contributed by atoms with Gasteiger partial charge in [-0.15, -0.1) is 0 Å². The van der Waals surface area contributed by atoms with Crippen molar-refractivity contribution >= 4 is 23.2 Å². The van der Waals surface area contributed by atoms with Crippen LogP contribution >= 0.6 is 23.2 Å². The Hall–Kier alpha value is -1.73. The maximum absolute atomic E-state index is 9.49. The normalized spacial score (nSPS) is 11.8. The van der Waals surface area contributed by atoms with Gasteiger partial charge in [-0.05, 0) is 36.8 Å². The van der Waals surface area contributed by atoms with Crippen molar-refractivity contribution in [2.75, 3.05) is 0 Å². The molecule has 1 atom stereocenters. The molecule has 0 bridgehead atoms. The molecule has 5 heteroatoms. The molecule has 0 saturated heterocycles. The molecular formula is C16H13Cl2NO2. The van der Waals surface area contributed by atoms with E-state index in [-0.39, 0.29) is 6.61 Å². The number of halogens is 2. The van der Waals surface area contributed by atoms with Crippen LogP contribution in [0, 0.1) is 11.3 Å². The van der Waals surface area contributed by atoms with E-state index in [1.807, 2.05) is 6.07 Å². The van der Waals surface area contributed by atoms with Gasteiger partial charge in [0.1, 0.15) is 12.4 Å². The van der Waals surface area contributed by atoms with Crippen molar-refractivity contribution in [3.8, 4) is 11.8 Å². The molecule has 0 unspecified atom stereocenters. The molecule has 0 aliphatic rings. The number of nitrogens with zero attached hydrogens (tertiary/aromatic N) is 1. The lowest BCUT2D eigenvalue weighted by Gasteiger charge is -2.11. The molecule has 108 valence electrons. The lowest BCUT2D eigenvalue weighted by molar-refractivity contribution is 0.199. The Labute approximate surface area is 133 Å². The number of hydrogen-bond acceptors (Lipinski definition) is 3. The number of ether oxygens (including phenoxy) is 1. The Kier molecular flexibility index (Phi) is 5.08. The smallest absolute Gasteiger partial charge is 0.138 e. The summed E-state index contributed by atoms with van der Waals surface area (Å²) in [5, 5.41) is 19.2. The van der Waals surface area contributed by atoms with E-state index in [9.17, 15) is 5.11 Å². The fourth-order valence-corrected chi connectivity index (χ4v) is 2.26. The third kappa shape index (κ3) is 3.89. The van der Waals surface area contributed by atoms with Gasteiger partial charge >= 0.3 is 0 Å². The standard InChI is InChI=1S/C16H13Cl2NO2/c1-10(20)12-4-5-16(15(18)7-12)21-9-13-3-2-11(8-19)6-14(13)17/h2-7,10,20H,9H2,1H3/t10-/m0/s1. The molecule has 0 fully saturated rings. The van der Waals surface area contributed by atoms with Crippen molar-refractivity contribution in [3.05, 3.63) is 63.1 Å². The largest absolute Gasteiger partial charge is 0.487 e. The molecule has 2 rings (SSSR count). The Morgan fingerprint density at radius 3 is 2.52 bits per heavy atom. The van der Waals surface area contributed by atoms with Gasteiger partial charge in [-0.25, -0.2) is 0 Å². The quantitative estimate of drug-likeness (QED) is 0.902. The van der Waals surface area contributed by atoms with Crippen LogP contribution in [-0.2, 0) is 6.61 Å². The van der Waals surface area contributed by atoms with E-state index in [1.54, 1.807) is 43.3 Å². The topological polar surface area (TPSA) is 53.2 Å².